The maximum atomic E-state index is 11.0. The van der Waals surface area contributed by atoms with E-state index in [2.05, 4.69) is 46.9 Å². The van der Waals surface area contributed by atoms with Gasteiger partial charge in [-0.25, -0.2) is 0 Å². The maximum Gasteiger partial charge on any atom is 0.134 e. The molecule has 19 heavy (non-hydrogen) atoms. The molecule has 2 aromatic rings. The smallest absolute Gasteiger partial charge is 0.134 e. The molecule has 98 valence electrons. The lowest BCUT2D eigenvalue weighted by Gasteiger charge is -2.07. The number of hydrogen-bond donors (Lipinski definition) is 0. The average Bonchev–Trinajstić information content (AvgIpc) is 2.39. The van der Waals surface area contributed by atoms with Crippen molar-refractivity contribution in [2.75, 3.05) is 0 Å². The second kappa shape index (κ2) is 6.70. The van der Waals surface area contributed by atoms with Crippen molar-refractivity contribution in [2.45, 2.75) is 20.0 Å². The molecule has 0 saturated heterocycles. The van der Waals surface area contributed by atoms with Crippen molar-refractivity contribution < 1.29 is 9.53 Å². The minimum atomic E-state index is 0.174. The van der Waals surface area contributed by atoms with Gasteiger partial charge in [0.15, 0.2) is 0 Å². The van der Waals surface area contributed by atoms with E-state index in [9.17, 15) is 4.79 Å². The molecule has 0 heterocycles. The molecule has 0 saturated carbocycles. The number of benzene rings is 2. The van der Waals surface area contributed by atoms with Crippen LogP contribution in [0.3, 0.4) is 0 Å². The fraction of sp³-hybridized carbons (Fsp3) is 0.188. The average molecular weight is 366 g/mol. The Kier molecular flexibility index (Phi) is 4.96. The van der Waals surface area contributed by atoms with Gasteiger partial charge in [0.2, 0.25) is 0 Å². The van der Waals surface area contributed by atoms with Gasteiger partial charge in [0.05, 0.1) is 0 Å². The second-order valence-corrected chi connectivity index (χ2v) is 5.68. The number of Topliss-reactive ketones (excluding diaryl/α,β-unsaturated/α-hetero) is 1. The fourth-order valence-corrected chi connectivity index (χ4v) is 2.10. The third-order valence-corrected chi connectivity index (χ3v) is 3.41. The lowest BCUT2D eigenvalue weighted by molar-refractivity contribution is -0.116. The van der Waals surface area contributed by atoms with Crippen molar-refractivity contribution in [3.63, 3.8) is 0 Å². The zero-order chi connectivity index (χ0) is 13.7. The summed E-state index contributed by atoms with van der Waals surface area (Å²) in [6.45, 7) is 2.16. The summed E-state index contributed by atoms with van der Waals surface area (Å²) in [5.41, 5.74) is 2.17. The van der Waals surface area contributed by atoms with Gasteiger partial charge >= 0.3 is 0 Å². The Labute approximate surface area is 126 Å². The van der Waals surface area contributed by atoms with Crippen LogP contribution in [-0.4, -0.2) is 5.78 Å². The van der Waals surface area contributed by atoms with Crippen LogP contribution in [0.4, 0.5) is 0 Å². The van der Waals surface area contributed by atoms with E-state index in [4.69, 9.17) is 4.74 Å². The first-order valence-electron chi connectivity index (χ1n) is 6.09. The molecule has 0 aliphatic rings. The number of hydrogen-bond acceptors (Lipinski definition) is 2. The molecular weight excluding hydrogens is 351 g/mol. The van der Waals surface area contributed by atoms with Gasteiger partial charge in [-0.3, -0.25) is 4.79 Å². The monoisotopic (exact) mass is 366 g/mol. The van der Waals surface area contributed by atoms with Crippen LogP contribution < -0.4 is 4.74 Å². The summed E-state index contributed by atoms with van der Waals surface area (Å²) in [7, 11) is 0. The van der Waals surface area contributed by atoms with E-state index in [1.807, 2.05) is 24.3 Å². The highest BCUT2D eigenvalue weighted by Crippen LogP contribution is 2.15. The van der Waals surface area contributed by atoms with E-state index in [0.717, 1.165) is 16.9 Å². The molecule has 0 unspecified atom stereocenters. The van der Waals surface area contributed by atoms with E-state index < -0.39 is 0 Å². The number of halogens is 1. The highest BCUT2D eigenvalue weighted by molar-refractivity contribution is 14.1. The SMILES string of the molecule is CC(=O)Cc1ccc(OCc2ccc(I)cc2)cc1. The van der Waals surface area contributed by atoms with E-state index in [1.54, 1.807) is 6.92 Å². The molecule has 0 atom stereocenters. The van der Waals surface area contributed by atoms with E-state index in [-0.39, 0.29) is 5.78 Å². The molecule has 0 spiro atoms. The predicted molar refractivity (Wildman–Crippen MR) is 84.3 cm³/mol. The molecule has 0 aliphatic heterocycles. The highest BCUT2D eigenvalue weighted by Gasteiger charge is 1.99. The summed E-state index contributed by atoms with van der Waals surface area (Å²) >= 11 is 2.28. The Morgan fingerprint density at radius 2 is 1.58 bits per heavy atom. The fourth-order valence-electron chi connectivity index (χ4n) is 1.74. The van der Waals surface area contributed by atoms with Gasteiger partial charge in [0, 0.05) is 9.99 Å². The number of ether oxygens (including phenoxy) is 1. The lowest BCUT2D eigenvalue weighted by atomic mass is 10.1. The molecule has 3 heteroatoms. The lowest BCUT2D eigenvalue weighted by Crippen LogP contribution is -1.97. The van der Waals surface area contributed by atoms with Gasteiger partial charge < -0.3 is 4.74 Å². The van der Waals surface area contributed by atoms with Crippen LogP contribution in [-0.2, 0) is 17.8 Å². The summed E-state index contributed by atoms with van der Waals surface area (Å²) in [4.78, 5) is 11.0. The molecule has 0 amide bonds. The zero-order valence-corrected chi connectivity index (χ0v) is 12.9. The number of ketones is 1. The van der Waals surface area contributed by atoms with Crippen LogP contribution in [0.25, 0.3) is 0 Å². The zero-order valence-electron chi connectivity index (χ0n) is 10.7. The van der Waals surface area contributed by atoms with Gasteiger partial charge in [-0.15, -0.1) is 0 Å². The van der Waals surface area contributed by atoms with Crippen molar-refractivity contribution in [3.05, 3.63) is 63.2 Å². The first-order valence-corrected chi connectivity index (χ1v) is 7.17. The molecule has 0 bridgehead atoms. The molecule has 0 N–H and O–H groups in total. The molecule has 0 aliphatic carbocycles. The number of carbonyl (C=O) groups is 1. The third kappa shape index (κ3) is 4.67. The van der Waals surface area contributed by atoms with Gasteiger partial charge in [-0.1, -0.05) is 24.3 Å². The molecule has 0 aromatic heterocycles. The molecule has 2 aromatic carbocycles. The van der Waals surface area contributed by atoms with Gasteiger partial charge in [0.25, 0.3) is 0 Å². The Morgan fingerprint density at radius 3 is 2.16 bits per heavy atom. The van der Waals surface area contributed by atoms with Crippen molar-refractivity contribution >= 4 is 28.4 Å². The van der Waals surface area contributed by atoms with Crippen molar-refractivity contribution in [1.29, 1.82) is 0 Å². The normalized spacial score (nSPS) is 10.2. The van der Waals surface area contributed by atoms with Crippen LogP contribution in [0.1, 0.15) is 18.1 Å². The molecular formula is C16H15IO2. The first kappa shape index (κ1) is 14.1. The highest BCUT2D eigenvalue weighted by atomic mass is 127. The largest absolute Gasteiger partial charge is 0.489 e. The van der Waals surface area contributed by atoms with Crippen molar-refractivity contribution in [3.8, 4) is 5.75 Å². The standard InChI is InChI=1S/C16H15IO2/c1-12(18)10-13-4-8-16(9-5-13)19-11-14-2-6-15(17)7-3-14/h2-9H,10-11H2,1H3. The van der Waals surface area contributed by atoms with E-state index in [1.165, 1.54) is 3.57 Å². The Balaban J connectivity index is 1.92. The van der Waals surface area contributed by atoms with Crippen LogP contribution in [0.15, 0.2) is 48.5 Å². The minimum Gasteiger partial charge on any atom is -0.489 e. The second-order valence-electron chi connectivity index (χ2n) is 4.44. The van der Waals surface area contributed by atoms with E-state index in [0.29, 0.717) is 13.0 Å². The molecule has 2 nitrogen and oxygen atoms in total. The first-order chi connectivity index (χ1) is 9.13. The summed E-state index contributed by atoms with van der Waals surface area (Å²) in [6, 6.07) is 15.9. The summed E-state index contributed by atoms with van der Waals surface area (Å²) in [5, 5.41) is 0. The molecule has 2 rings (SSSR count). The van der Waals surface area contributed by atoms with Crippen molar-refractivity contribution in [2.24, 2.45) is 0 Å². The van der Waals surface area contributed by atoms with Crippen LogP contribution in [0, 0.1) is 3.57 Å². The number of rotatable bonds is 5. The Hall–Kier alpha value is -1.36. The molecule has 0 fully saturated rings. The maximum absolute atomic E-state index is 11.0. The number of carbonyl (C=O) groups excluding carboxylic acids is 1. The van der Waals surface area contributed by atoms with Gasteiger partial charge in [-0.2, -0.15) is 0 Å². The quantitative estimate of drug-likeness (QED) is 0.748. The third-order valence-electron chi connectivity index (χ3n) is 2.70. The topological polar surface area (TPSA) is 26.3 Å². The Morgan fingerprint density at radius 1 is 1.00 bits per heavy atom. The van der Waals surface area contributed by atoms with Gasteiger partial charge in [-0.05, 0) is 64.9 Å². The minimum absolute atomic E-state index is 0.174. The van der Waals surface area contributed by atoms with Crippen LogP contribution in [0.5, 0.6) is 5.75 Å². The summed E-state index contributed by atoms with van der Waals surface area (Å²) in [5.74, 6) is 0.999. The predicted octanol–water partition coefficient (Wildman–Crippen LogP) is 4.00. The van der Waals surface area contributed by atoms with E-state index >= 15 is 0 Å². The summed E-state index contributed by atoms with van der Waals surface area (Å²) < 4.78 is 6.92. The van der Waals surface area contributed by atoms with Crippen molar-refractivity contribution in [1.82, 2.24) is 0 Å². The van der Waals surface area contributed by atoms with Crippen LogP contribution in [0.2, 0.25) is 0 Å². The van der Waals surface area contributed by atoms with Gasteiger partial charge in [0.1, 0.15) is 18.1 Å². The molecule has 0 radical (unpaired) electrons. The summed E-state index contributed by atoms with van der Waals surface area (Å²) in [6.07, 6.45) is 0.484. The Bertz CT molecular complexity index is 544. The van der Waals surface area contributed by atoms with Crippen LogP contribution >= 0.6 is 22.6 Å².